The fourth-order valence-electron chi connectivity index (χ4n) is 3.67. The standard InChI is InChI=1S/C21H22N2O5S/c1-14-11-15(3-6-20(14)27-2)21-18(13-24)17-12-16(4-5-19(17)22-21)29(25,26)23-7-9-28-10-8-23/h3-6,11-13,22H,7-10H2,1-2H3. The molecule has 1 N–H and O–H groups in total. The van der Waals surface area contributed by atoms with E-state index in [1.54, 1.807) is 25.3 Å². The number of rotatable bonds is 5. The summed E-state index contributed by atoms with van der Waals surface area (Å²) in [4.78, 5) is 15.4. The molecule has 0 unspecified atom stereocenters. The maximum absolute atomic E-state index is 13.0. The van der Waals surface area contributed by atoms with Crippen LogP contribution in [0.15, 0.2) is 41.3 Å². The fourth-order valence-corrected chi connectivity index (χ4v) is 5.11. The zero-order valence-electron chi connectivity index (χ0n) is 16.3. The van der Waals surface area contributed by atoms with Gasteiger partial charge in [0.2, 0.25) is 10.0 Å². The van der Waals surface area contributed by atoms with E-state index in [1.807, 2.05) is 25.1 Å². The van der Waals surface area contributed by atoms with Gasteiger partial charge in [-0.2, -0.15) is 4.31 Å². The van der Waals surface area contributed by atoms with Crippen LogP contribution in [0.1, 0.15) is 15.9 Å². The van der Waals surface area contributed by atoms with Crippen molar-refractivity contribution in [3.63, 3.8) is 0 Å². The first-order valence-electron chi connectivity index (χ1n) is 9.29. The van der Waals surface area contributed by atoms with Crippen molar-refractivity contribution in [1.29, 1.82) is 0 Å². The summed E-state index contributed by atoms with van der Waals surface area (Å²) in [6.45, 7) is 3.34. The largest absolute Gasteiger partial charge is 0.496 e. The molecule has 8 heteroatoms. The van der Waals surface area contributed by atoms with Gasteiger partial charge < -0.3 is 14.5 Å². The predicted molar refractivity (Wildman–Crippen MR) is 110 cm³/mol. The number of hydrogen-bond donors (Lipinski definition) is 1. The minimum Gasteiger partial charge on any atom is -0.496 e. The third-order valence-corrected chi connectivity index (χ3v) is 7.11. The third-order valence-electron chi connectivity index (χ3n) is 5.22. The predicted octanol–water partition coefficient (Wildman–Crippen LogP) is 2.99. The first kappa shape index (κ1) is 19.6. The first-order valence-corrected chi connectivity index (χ1v) is 10.7. The Hall–Kier alpha value is -2.68. The van der Waals surface area contributed by atoms with Gasteiger partial charge in [0, 0.05) is 29.6 Å². The number of carbonyl (C=O) groups excluding carboxylic acids is 1. The number of aryl methyl sites for hydroxylation is 1. The van der Waals surface area contributed by atoms with Crippen LogP contribution in [0.2, 0.25) is 0 Å². The molecule has 2 aromatic carbocycles. The summed E-state index contributed by atoms with van der Waals surface area (Å²) in [6.07, 6.45) is 0.763. The highest BCUT2D eigenvalue weighted by molar-refractivity contribution is 7.89. The van der Waals surface area contributed by atoms with Crippen molar-refractivity contribution in [2.75, 3.05) is 33.4 Å². The molecule has 0 aliphatic carbocycles. The number of aromatic amines is 1. The number of nitrogens with one attached hydrogen (secondary N) is 1. The molecule has 1 fully saturated rings. The number of benzene rings is 2. The summed E-state index contributed by atoms with van der Waals surface area (Å²) in [5.74, 6) is 0.761. The Morgan fingerprint density at radius 1 is 1.14 bits per heavy atom. The van der Waals surface area contributed by atoms with Gasteiger partial charge in [-0.3, -0.25) is 4.79 Å². The number of nitrogens with zero attached hydrogens (tertiary/aromatic N) is 1. The number of fused-ring (bicyclic) bond motifs is 1. The number of aromatic nitrogens is 1. The SMILES string of the molecule is COc1ccc(-c2[nH]c3ccc(S(=O)(=O)N4CCOCC4)cc3c2C=O)cc1C. The topological polar surface area (TPSA) is 88.7 Å². The van der Waals surface area contributed by atoms with Gasteiger partial charge in [-0.15, -0.1) is 0 Å². The lowest BCUT2D eigenvalue weighted by Gasteiger charge is -2.26. The molecule has 1 aliphatic heterocycles. The first-order chi connectivity index (χ1) is 14.0. The molecule has 0 saturated carbocycles. The van der Waals surface area contributed by atoms with E-state index in [9.17, 15) is 13.2 Å². The number of carbonyl (C=O) groups is 1. The Morgan fingerprint density at radius 2 is 1.90 bits per heavy atom. The molecular formula is C21H22N2O5S. The van der Waals surface area contributed by atoms with Crippen LogP contribution in [0.4, 0.5) is 0 Å². The molecule has 152 valence electrons. The number of hydrogen-bond acceptors (Lipinski definition) is 5. The summed E-state index contributed by atoms with van der Waals surface area (Å²) in [5, 5.41) is 0.581. The minimum atomic E-state index is -3.64. The molecule has 1 saturated heterocycles. The summed E-state index contributed by atoms with van der Waals surface area (Å²) < 4.78 is 37.9. The Morgan fingerprint density at radius 3 is 2.55 bits per heavy atom. The van der Waals surface area contributed by atoms with Crippen molar-refractivity contribution < 1.29 is 22.7 Å². The quantitative estimate of drug-likeness (QED) is 0.649. The van der Waals surface area contributed by atoms with Gasteiger partial charge in [-0.1, -0.05) is 0 Å². The lowest BCUT2D eigenvalue weighted by atomic mass is 10.0. The Bertz CT molecular complexity index is 1180. The molecule has 0 atom stereocenters. The van der Waals surface area contributed by atoms with Crippen molar-refractivity contribution in [3.05, 3.63) is 47.5 Å². The Labute approximate surface area is 169 Å². The normalized spacial score (nSPS) is 15.5. The molecule has 0 bridgehead atoms. The summed E-state index contributed by atoms with van der Waals surface area (Å²) in [6, 6.07) is 10.5. The number of methoxy groups -OCH3 is 1. The molecule has 2 heterocycles. The summed E-state index contributed by atoms with van der Waals surface area (Å²) in [7, 11) is -2.03. The molecule has 1 aliphatic rings. The minimum absolute atomic E-state index is 0.173. The fraction of sp³-hybridized carbons (Fsp3) is 0.286. The smallest absolute Gasteiger partial charge is 0.243 e. The van der Waals surface area contributed by atoms with Crippen LogP contribution in [-0.4, -0.2) is 57.4 Å². The van der Waals surface area contributed by atoms with Crippen LogP contribution >= 0.6 is 0 Å². The number of morpholine rings is 1. The van der Waals surface area contributed by atoms with E-state index in [1.165, 1.54) is 4.31 Å². The van der Waals surface area contributed by atoms with E-state index in [0.717, 1.165) is 23.2 Å². The van der Waals surface area contributed by atoms with E-state index in [0.29, 0.717) is 48.5 Å². The number of H-pyrrole nitrogens is 1. The molecule has 0 amide bonds. The van der Waals surface area contributed by atoms with Gasteiger partial charge in [0.25, 0.3) is 0 Å². The van der Waals surface area contributed by atoms with Crippen molar-refractivity contribution in [2.24, 2.45) is 0 Å². The highest BCUT2D eigenvalue weighted by Gasteiger charge is 2.27. The van der Waals surface area contributed by atoms with Gasteiger partial charge in [-0.05, 0) is 54.4 Å². The molecule has 3 aromatic rings. The van der Waals surface area contributed by atoms with E-state index >= 15 is 0 Å². The number of ether oxygens (including phenoxy) is 2. The van der Waals surface area contributed by atoms with Gasteiger partial charge in [0.05, 0.1) is 30.9 Å². The molecule has 1 aromatic heterocycles. The van der Waals surface area contributed by atoms with Gasteiger partial charge in [0.15, 0.2) is 6.29 Å². The Kier molecular flexibility index (Phi) is 5.16. The van der Waals surface area contributed by atoms with Crippen LogP contribution in [-0.2, 0) is 14.8 Å². The van der Waals surface area contributed by atoms with Crippen molar-refractivity contribution in [1.82, 2.24) is 9.29 Å². The second kappa shape index (κ2) is 7.62. The summed E-state index contributed by atoms with van der Waals surface area (Å²) in [5.41, 5.74) is 3.57. The lowest BCUT2D eigenvalue weighted by molar-refractivity contribution is 0.0730. The van der Waals surface area contributed by atoms with Crippen LogP contribution in [0.25, 0.3) is 22.2 Å². The van der Waals surface area contributed by atoms with E-state index < -0.39 is 10.0 Å². The highest BCUT2D eigenvalue weighted by atomic mass is 32.2. The summed E-state index contributed by atoms with van der Waals surface area (Å²) >= 11 is 0. The lowest BCUT2D eigenvalue weighted by Crippen LogP contribution is -2.40. The number of aldehydes is 1. The average Bonchev–Trinajstić information content (AvgIpc) is 3.12. The average molecular weight is 414 g/mol. The second-order valence-corrected chi connectivity index (χ2v) is 8.88. The van der Waals surface area contributed by atoms with Crippen LogP contribution in [0.5, 0.6) is 5.75 Å². The van der Waals surface area contributed by atoms with Crippen LogP contribution < -0.4 is 4.74 Å². The molecule has 0 spiro atoms. The van der Waals surface area contributed by atoms with E-state index in [-0.39, 0.29) is 4.90 Å². The monoisotopic (exact) mass is 414 g/mol. The molecule has 4 rings (SSSR count). The van der Waals surface area contributed by atoms with Crippen molar-refractivity contribution >= 4 is 27.2 Å². The maximum atomic E-state index is 13.0. The van der Waals surface area contributed by atoms with E-state index in [4.69, 9.17) is 9.47 Å². The molecule has 29 heavy (non-hydrogen) atoms. The van der Waals surface area contributed by atoms with Crippen molar-refractivity contribution in [2.45, 2.75) is 11.8 Å². The zero-order chi connectivity index (χ0) is 20.6. The molecular weight excluding hydrogens is 392 g/mol. The van der Waals surface area contributed by atoms with E-state index in [2.05, 4.69) is 4.98 Å². The van der Waals surface area contributed by atoms with Gasteiger partial charge >= 0.3 is 0 Å². The van der Waals surface area contributed by atoms with Gasteiger partial charge in [0.1, 0.15) is 5.75 Å². The second-order valence-electron chi connectivity index (χ2n) is 6.94. The highest BCUT2D eigenvalue weighted by Crippen LogP contribution is 2.33. The molecule has 0 radical (unpaired) electrons. The van der Waals surface area contributed by atoms with Crippen LogP contribution in [0.3, 0.4) is 0 Å². The molecule has 7 nitrogen and oxygen atoms in total. The third kappa shape index (κ3) is 3.43. The van der Waals surface area contributed by atoms with Gasteiger partial charge in [-0.25, -0.2) is 8.42 Å². The maximum Gasteiger partial charge on any atom is 0.243 e. The Balaban J connectivity index is 1.82. The number of sulfonamides is 1. The van der Waals surface area contributed by atoms with Crippen molar-refractivity contribution in [3.8, 4) is 17.0 Å². The van der Waals surface area contributed by atoms with Crippen LogP contribution in [0, 0.1) is 6.92 Å². The zero-order valence-corrected chi connectivity index (χ0v) is 17.1.